The van der Waals surface area contributed by atoms with Crippen LogP contribution in [0.2, 0.25) is 0 Å². The van der Waals surface area contributed by atoms with E-state index in [0.29, 0.717) is 12.2 Å². The molecule has 1 heterocycles. The second-order valence-electron chi connectivity index (χ2n) is 4.10. The zero-order chi connectivity index (χ0) is 13.9. The summed E-state index contributed by atoms with van der Waals surface area (Å²) in [7, 11) is 0. The van der Waals surface area contributed by atoms with Crippen LogP contribution < -0.4 is 10.6 Å². The summed E-state index contributed by atoms with van der Waals surface area (Å²) in [5, 5.41) is 6.16. The zero-order valence-corrected chi connectivity index (χ0v) is 11.1. The van der Waals surface area contributed by atoms with E-state index in [1.165, 1.54) is 6.07 Å². The summed E-state index contributed by atoms with van der Waals surface area (Å²) >= 11 is -0.111. The van der Waals surface area contributed by atoms with Crippen molar-refractivity contribution in [1.29, 1.82) is 0 Å². The van der Waals surface area contributed by atoms with Crippen LogP contribution in [0.15, 0.2) is 34.2 Å². The number of anilines is 1. The number of benzene rings is 1. The number of alkyl halides is 3. The maximum absolute atomic E-state index is 12.5. The number of para-hydroxylation sites is 1. The van der Waals surface area contributed by atoms with Gasteiger partial charge in [0.1, 0.15) is 5.84 Å². The highest BCUT2D eigenvalue weighted by atomic mass is 32.2. The number of hydrogen-bond acceptors (Lipinski definition) is 4. The van der Waals surface area contributed by atoms with Gasteiger partial charge in [-0.1, -0.05) is 12.1 Å². The summed E-state index contributed by atoms with van der Waals surface area (Å²) in [6.07, 6.45) is 0. The summed E-state index contributed by atoms with van der Waals surface area (Å²) < 4.78 is 37.4. The first-order valence-electron chi connectivity index (χ1n) is 5.85. The van der Waals surface area contributed by atoms with E-state index >= 15 is 0 Å². The van der Waals surface area contributed by atoms with Gasteiger partial charge in [-0.05, 0) is 30.8 Å². The molecule has 3 nitrogen and oxygen atoms in total. The van der Waals surface area contributed by atoms with Crippen molar-refractivity contribution in [2.75, 3.05) is 18.4 Å². The van der Waals surface area contributed by atoms with Gasteiger partial charge in [0.05, 0.1) is 12.6 Å². The molecule has 1 atom stereocenters. The molecule has 1 aromatic carbocycles. The molecule has 19 heavy (non-hydrogen) atoms. The lowest BCUT2D eigenvalue weighted by atomic mass is 10.2. The van der Waals surface area contributed by atoms with E-state index in [9.17, 15) is 13.2 Å². The van der Waals surface area contributed by atoms with Crippen LogP contribution in [0, 0.1) is 0 Å². The Morgan fingerprint density at radius 2 is 2.11 bits per heavy atom. The first-order valence-corrected chi connectivity index (χ1v) is 6.67. The molecule has 0 amide bonds. The second kappa shape index (κ2) is 5.73. The fourth-order valence-corrected chi connectivity index (χ4v) is 2.44. The summed E-state index contributed by atoms with van der Waals surface area (Å²) in [6, 6.07) is 6.25. The summed E-state index contributed by atoms with van der Waals surface area (Å²) in [5.41, 5.74) is -3.82. The van der Waals surface area contributed by atoms with Crippen LogP contribution in [-0.4, -0.2) is 30.5 Å². The number of amidine groups is 1. The fourth-order valence-electron chi connectivity index (χ4n) is 1.81. The quantitative estimate of drug-likeness (QED) is 0.836. The van der Waals surface area contributed by atoms with Crippen molar-refractivity contribution in [2.24, 2.45) is 4.99 Å². The molecular formula is C12H14F3N3S. The SMILES string of the molecule is CC(Nc1ccccc1SC(F)(F)F)C1=NCCN1. The van der Waals surface area contributed by atoms with Gasteiger partial charge in [0.15, 0.2) is 0 Å². The Morgan fingerprint density at radius 3 is 2.74 bits per heavy atom. The Bertz CT molecular complexity index is 474. The third kappa shape index (κ3) is 4.05. The van der Waals surface area contributed by atoms with Crippen molar-refractivity contribution >= 4 is 23.3 Å². The predicted molar refractivity (Wildman–Crippen MR) is 71.7 cm³/mol. The zero-order valence-electron chi connectivity index (χ0n) is 10.3. The molecule has 2 rings (SSSR count). The Labute approximate surface area is 113 Å². The van der Waals surface area contributed by atoms with E-state index in [2.05, 4.69) is 15.6 Å². The second-order valence-corrected chi connectivity index (χ2v) is 5.21. The van der Waals surface area contributed by atoms with Gasteiger partial charge in [0.2, 0.25) is 0 Å². The van der Waals surface area contributed by atoms with E-state index in [4.69, 9.17) is 0 Å². The van der Waals surface area contributed by atoms with Gasteiger partial charge >= 0.3 is 5.51 Å². The largest absolute Gasteiger partial charge is 0.446 e. The van der Waals surface area contributed by atoms with Gasteiger partial charge in [-0.15, -0.1) is 0 Å². The molecule has 104 valence electrons. The van der Waals surface area contributed by atoms with E-state index in [1.54, 1.807) is 18.2 Å². The number of hydrogen-bond donors (Lipinski definition) is 2. The Balaban J connectivity index is 2.11. The maximum Gasteiger partial charge on any atom is 0.446 e. The van der Waals surface area contributed by atoms with E-state index < -0.39 is 5.51 Å². The summed E-state index contributed by atoms with van der Waals surface area (Å²) in [4.78, 5) is 4.42. The van der Waals surface area contributed by atoms with Crippen LogP contribution in [0.5, 0.6) is 0 Å². The molecule has 0 fully saturated rings. The average molecular weight is 289 g/mol. The van der Waals surface area contributed by atoms with Crippen molar-refractivity contribution in [3.63, 3.8) is 0 Å². The topological polar surface area (TPSA) is 36.4 Å². The molecule has 0 saturated carbocycles. The Morgan fingerprint density at radius 1 is 1.37 bits per heavy atom. The summed E-state index contributed by atoms with van der Waals surface area (Å²) in [5.74, 6) is 0.784. The average Bonchev–Trinajstić information content (AvgIpc) is 2.83. The van der Waals surface area contributed by atoms with Crippen LogP contribution in [0.4, 0.5) is 18.9 Å². The number of nitrogens with zero attached hydrogens (tertiary/aromatic N) is 1. The third-order valence-corrected chi connectivity index (χ3v) is 3.40. The van der Waals surface area contributed by atoms with Crippen molar-refractivity contribution in [3.05, 3.63) is 24.3 Å². The van der Waals surface area contributed by atoms with Crippen LogP contribution in [0.25, 0.3) is 0 Å². The highest BCUT2D eigenvalue weighted by Gasteiger charge is 2.30. The molecule has 1 aliphatic rings. The van der Waals surface area contributed by atoms with Crippen molar-refractivity contribution in [1.82, 2.24) is 5.32 Å². The highest BCUT2D eigenvalue weighted by molar-refractivity contribution is 8.00. The normalized spacial score (nSPS) is 16.7. The molecule has 7 heteroatoms. The van der Waals surface area contributed by atoms with Gasteiger partial charge in [0, 0.05) is 17.1 Å². The minimum atomic E-state index is -4.29. The molecule has 0 spiro atoms. The lowest BCUT2D eigenvalue weighted by Gasteiger charge is -2.18. The summed E-state index contributed by atoms with van der Waals surface area (Å²) in [6.45, 7) is 3.35. The van der Waals surface area contributed by atoms with Gasteiger partial charge in [-0.3, -0.25) is 4.99 Å². The highest BCUT2D eigenvalue weighted by Crippen LogP contribution is 2.40. The molecule has 0 bridgehead atoms. The third-order valence-electron chi connectivity index (χ3n) is 2.59. The van der Waals surface area contributed by atoms with Gasteiger partial charge < -0.3 is 10.6 Å². The Hall–Kier alpha value is -1.37. The fraction of sp³-hybridized carbons (Fsp3) is 0.417. The van der Waals surface area contributed by atoms with Crippen molar-refractivity contribution in [3.8, 4) is 0 Å². The molecule has 2 N–H and O–H groups in total. The van der Waals surface area contributed by atoms with Gasteiger partial charge in [0.25, 0.3) is 0 Å². The van der Waals surface area contributed by atoms with E-state index in [1.807, 2.05) is 6.92 Å². The monoisotopic (exact) mass is 289 g/mol. The lowest BCUT2D eigenvalue weighted by Crippen LogP contribution is -2.34. The van der Waals surface area contributed by atoms with E-state index in [0.717, 1.165) is 12.4 Å². The first-order chi connectivity index (χ1) is 8.96. The minimum absolute atomic E-state index is 0.111. The molecule has 0 radical (unpaired) electrons. The van der Waals surface area contributed by atoms with Crippen molar-refractivity contribution < 1.29 is 13.2 Å². The number of halogens is 3. The maximum atomic E-state index is 12.5. The van der Waals surface area contributed by atoms with Gasteiger partial charge in [-0.25, -0.2) is 0 Å². The molecule has 0 saturated heterocycles. The van der Waals surface area contributed by atoms with Crippen LogP contribution in [0.3, 0.4) is 0 Å². The molecule has 1 aliphatic heterocycles. The number of thioether (sulfide) groups is 1. The van der Waals surface area contributed by atoms with Crippen LogP contribution in [0.1, 0.15) is 6.92 Å². The van der Waals surface area contributed by atoms with Gasteiger partial charge in [-0.2, -0.15) is 13.2 Å². The predicted octanol–water partition coefficient (Wildman–Crippen LogP) is 3.10. The standard InChI is InChI=1S/C12H14F3N3S/c1-8(11-16-6-7-17-11)18-9-4-2-3-5-10(9)19-12(13,14)15/h2-5,8,18H,6-7H2,1H3,(H,16,17). The molecular weight excluding hydrogens is 275 g/mol. The van der Waals surface area contributed by atoms with E-state index in [-0.39, 0.29) is 22.7 Å². The van der Waals surface area contributed by atoms with Crippen molar-refractivity contribution in [2.45, 2.75) is 23.4 Å². The first kappa shape index (κ1) is 14.0. The smallest absolute Gasteiger partial charge is 0.375 e. The minimum Gasteiger partial charge on any atom is -0.375 e. The molecule has 0 aromatic heterocycles. The Kier molecular flexibility index (Phi) is 4.24. The molecule has 0 aliphatic carbocycles. The lowest BCUT2D eigenvalue weighted by molar-refractivity contribution is -0.0327. The number of rotatable bonds is 4. The number of aliphatic imine (C=N–C) groups is 1. The molecule has 1 unspecified atom stereocenters. The molecule has 1 aromatic rings. The van der Waals surface area contributed by atoms with Crippen LogP contribution >= 0.6 is 11.8 Å². The van der Waals surface area contributed by atoms with Crippen LogP contribution in [-0.2, 0) is 0 Å². The number of nitrogens with one attached hydrogen (secondary N) is 2.